The second kappa shape index (κ2) is 6.85. The molecule has 0 atom stereocenters. The maximum absolute atomic E-state index is 2.24. The molecule has 0 fully saturated rings. The van der Waals surface area contributed by atoms with Crippen molar-refractivity contribution in [1.82, 2.24) is 4.57 Å². The standard InChI is InChI=1S/C17H23N/c1-6-10-13-15-14(11-7-2)17(12-8-3)18(5)16(15)9-4/h6-13H,1-5H3/b10-6-,11-7-,12-8-,15-13-,16-9+. The first-order valence-corrected chi connectivity index (χ1v) is 6.44. The molecule has 0 aliphatic rings. The van der Waals surface area contributed by atoms with E-state index in [9.17, 15) is 0 Å². The van der Waals surface area contributed by atoms with Crippen LogP contribution in [0.4, 0.5) is 0 Å². The van der Waals surface area contributed by atoms with Crippen LogP contribution in [0.25, 0.3) is 24.3 Å². The first-order valence-electron chi connectivity index (χ1n) is 6.44. The molecule has 1 aromatic heterocycles. The largest absolute Gasteiger partial charge is 0.344 e. The minimum Gasteiger partial charge on any atom is -0.344 e. The zero-order valence-electron chi connectivity index (χ0n) is 12.1. The quantitative estimate of drug-likeness (QED) is 0.765. The van der Waals surface area contributed by atoms with E-state index in [1.165, 1.54) is 21.8 Å². The molecule has 0 saturated carbocycles. The molecule has 1 aromatic rings. The van der Waals surface area contributed by atoms with Gasteiger partial charge in [0.25, 0.3) is 0 Å². The van der Waals surface area contributed by atoms with Gasteiger partial charge in [-0.1, -0.05) is 42.5 Å². The van der Waals surface area contributed by atoms with Crippen LogP contribution in [-0.2, 0) is 7.05 Å². The van der Waals surface area contributed by atoms with Crippen LogP contribution in [0.5, 0.6) is 0 Å². The Kier molecular flexibility index (Phi) is 5.44. The average molecular weight is 241 g/mol. The van der Waals surface area contributed by atoms with Gasteiger partial charge in [0.05, 0.1) is 0 Å². The maximum Gasteiger partial charge on any atom is 0.0485 e. The van der Waals surface area contributed by atoms with E-state index in [0.29, 0.717) is 0 Å². The predicted octanol–water partition coefficient (Wildman–Crippen LogP) is 3.25. The van der Waals surface area contributed by atoms with Gasteiger partial charge in [0.2, 0.25) is 0 Å². The van der Waals surface area contributed by atoms with Crippen LogP contribution in [0, 0.1) is 0 Å². The third-order valence-corrected chi connectivity index (χ3v) is 2.95. The van der Waals surface area contributed by atoms with Gasteiger partial charge in [-0.3, -0.25) is 0 Å². The summed E-state index contributed by atoms with van der Waals surface area (Å²) in [4.78, 5) is 0. The smallest absolute Gasteiger partial charge is 0.0485 e. The van der Waals surface area contributed by atoms with Gasteiger partial charge in [-0.2, -0.15) is 0 Å². The Balaban J connectivity index is 3.83. The lowest BCUT2D eigenvalue weighted by Gasteiger charge is -1.98. The molecule has 1 heterocycles. The van der Waals surface area contributed by atoms with Gasteiger partial charge in [0.1, 0.15) is 0 Å². The van der Waals surface area contributed by atoms with E-state index in [-0.39, 0.29) is 0 Å². The van der Waals surface area contributed by atoms with E-state index in [1.54, 1.807) is 0 Å². The Labute approximate surface area is 110 Å². The van der Waals surface area contributed by atoms with E-state index in [0.717, 1.165) is 0 Å². The van der Waals surface area contributed by atoms with Crippen molar-refractivity contribution >= 4 is 24.3 Å². The SMILES string of the molecule is C\C=C/C=c1/c(/C=C\C)c(/C=C\C)n(C)/c1=C/C. The van der Waals surface area contributed by atoms with Gasteiger partial charge in [0.15, 0.2) is 0 Å². The highest BCUT2D eigenvalue weighted by Crippen LogP contribution is 2.07. The fraction of sp³-hybridized carbons (Fsp3) is 0.294. The van der Waals surface area contributed by atoms with Gasteiger partial charge in [-0.05, 0) is 33.8 Å². The van der Waals surface area contributed by atoms with Crippen molar-refractivity contribution in [2.75, 3.05) is 0 Å². The summed E-state index contributed by atoms with van der Waals surface area (Å²) >= 11 is 0. The number of hydrogen-bond acceptors (Lipinski definition) is 0. The Morgan fingerprint density at radius 2 is 1.56 bits per heavy atom. The molecule has 1 rings (SSSR count). The van der Waals surface area contributed by atoms with Crippen LogP contribution in [0.2, 0.25) is 0 Å². The van der Waals surface area contributed by atoms with Gasteiger partial charge in [-0.25, -0.2) is 0 Å². The van der Waals surface area contributed by atoms with Crippen LogP contribution >= 0.6 is 0 Å². The Morgan fingerprint density at radius 1 is 0.889 bits per heavy atom. The van der Waals surface area contributed by atoms with Crippen LogP contribution in [0.1, 0.15) is 39.0 Å². The summed E-state index contributed by atoms with van der Waals surface area (Å²) in [6, 6.07) is 0. The molecule has 0 unspecified atom stereocenters. The number of allylic oxidation sites excluding steroid dienone is 4. The molecule has 96 valence electrons. The monoisotopic (exact) mass is 241 g/mol. The van der Waals surface area contributed by atoms with Crippen LogP contribution in [0.3, 0.4) is 0 Å². The van der Waals surface area contributed by atoms with Crippen LogP contribution < -0.4 is 10.6 Å². The second-order valence-electron chi connectivity index (χ2n) is 4.14. The number of aromatic nitrogens is 1. The highest BCUT2D eigenvalue weighted by molar-refractivity contribution is 5.66. The van der Waals surface area contributed by atoms with Crippen molar-refractivity contribution in [1.29, 1.82) is 0 Å². The van der Waals surface area contributed by atoms with E-state index in [1.807, 2.05) is 6.92 Å². The lowest BCUT2D eigenvalue weighted by Crippen LogP contribution is -2.28. The molecular formula is C17H23N. The maximum atomic E-state index is 2.24. The molecular weight excluding hydrogens is 218 g/mol. The molecule has 0 amide bonds. The third kappa shape index (κ3) is 2.73. The summed E-state index contributed by atoms with van der Waals surface area (Å²) in [5.41, 5.74) is 2.53. The number of hydrogen-bond donors (Lipinski definition) is 0. The normalized spacial score (nSPS) is 14.9. The number of nitrogens with zero attached hydrogens (tertiary/aromatic N) is 1. The summed E-state index contributed by atoms with van der Waals surface area (Å²) in [5.74, 6) is 0. The summed E-state index contributed by atoms with van der Waals surface area (Å²) in [6.45, 7) is 8.23. The van der Waals surface area contributed by atoms with Crippen molar-refractivity contribution in [3.8, 4) is 0 Å². The van der Waals surface area contributed by atoms with E-state index >= 15 is 0 Å². The van der Waals surface area contributed by atoms with Crippen molar-refractivity contribution in [2.24, 2.45) is 7.05 Å². The predicted molar refractivity (Wildman–Crippen MR) is 83.5 cm³/mol. The highest BCUT2D eigenvalue weighted by Gasteiger charge is 2.06. The minimum atomic E-state index is 1.25. The summed E-state index contributed by atoms with van der Waals surface area (Å²) in [7, 11) is 2.12. The Morgan fingerprint density at radius 3 is 2.06 bits per heavy atom. The summed E-state index contributed by atoms with van der Waals surface area (Å²) in [5, 5.41) is 2.54. The summed E-state index contributed by atoms with van der Waals surface area (Å²) in [6.07, 6.45) is 17.0. The molecule has 0 spiro atoms. The Hall–Kier alpha value is -1.76. The molecule has 1 heteroatoms. The summed E-state index contributed by atoms with van der Waals surface area (Å²) < 4.78 is 2.24. The first-order chi connectivity index (χ1) is 8.71. The lowest BCUT2D eigenvalue weighted by atomic mass is 10.1. The molecule has 0 aromatic carbocycles. The van der Waals surface area contributed by atoms with Gasteiger partial charge >= 0.3 is 0 Å². The van der Waals surface area contributed by atoms with Gasteiger partial charge < -0.3 is 4.57 Å². The first kappa shape index (κ1) is 14.3. The average Bonchev–Trinajstić information content (AvgIpc) is 2.61. The molecule has 0 bridgehead atoms. The molecule has 0 saturated heterocycles. The highest BCUT2D eigenvalue weighted by atomic mass is 14.9. The van der Waals surface area contributed by atoms with Crippen LogP contribution in [-0.4, -0.2) is 4.57 Å². The van der Waals surface area contributed by atoms with Crippen molar-refractivity contribution in [2.45, 2.75) is 27.7 Å². The van der Waals surface area contributed by atoms with E-state index in [4.69, 9.17) is 0 Å². The second-order valence-corrected chi connectivity index (χ2v) is 4.14. The fourth-order valence-electron chi connectivity index (χ4n) is 2.19. The minimum absolute atomic E-state index is 1.25. The molecule has 0 aliphatic carbocycles. The van der Waals surface area contributed by atoms with Crippen molar-refractivity contribution in [3.63, 3.8) is 0 Å². The van der Waals surface area contributed by atoms with E-state index < -0.39 is 0 Å². The third-order valence-electron chi connectivity index (χ3n) is 2.95. The number of rotatable bonds is 3. The molecule has 0 aliphatic heterocycles. The molecule has 0 N–H and O–H groups in total. The van der Waals surface area contributed by atoms with Gasteiger partial charge in [0, 0.05) is 28.9 Å². The van der Waals surface area contributed by atoms with Crippen molar-refractivity contribution in [3.05, 3.63) is 46.1 Å². The van der Waals surface area contributed by atoms with Gasteiger partial charge in [-0.15, -0.1) is 0 Å². The Bertz CT molecular complexity index is 593. The van der Waals surface area contributed by atoms with Crippen LogP contribution in [0.15, 0.2) is 24.3 Å². The molecule has 1 nitrogen and oxygen atoms in total. The van der Waals surface area contributed by atoms with E-state index in [2.05, 4.69) is 81.0 Å². The topological polar surface area (TPSA) is 4.93 Å². The van der Waals surface area contributed by atoms with Crippen molar-refractivity contribution < 1.29 is 0 Å². The molecule has 0 radical (unpaired) electrons. The lowest BCUT2D eigenvalue weighted by molar-refractivity contribution is 0.875. The zero-order chi connectivity index (χ0) is 13.5. The fourth-order valence-corrected chi connectivity index (χ4v) is 2.19. The molecule has 18 heavy (non-hydrogen) atoms. The zero-order valence-corrected chi connectivity index (χ0v) is 12.1.